The van der Waals surface area contributed by atoms with Crippen molar-refractivity contribution in [1.82, 2.24) is 0 Å². The summed E-state index contributed by atoms with van der Waals surface area (Å²) in [6, 6.07) is 12.4. The van der Waals surface area contributed by atoms with Crippen LogP contribution in [0.2, 0.25) is 0 Å². The van der Waals surface area contributed by atoms with Gasteiger partial charge in [-0.25, -0.2) is 4.39 Å². The molecule has 18 heavy (non-hydrogen) atoms. The number of aliphatic hydroxyl groups is 1. The zero-order valence-electron chi connectivity index (χ0n) is 9.73. The van der Waals surface area contributed by atoms with Crippen LogP contribution in [0.3, 0.4) is 0 Å². The van der Waals surface area contributed by atoms with Gasteiger partial charge in [-0.05, 0) is 24.0 Å². The molecule has 0 radical (unpaired) electrons. The highest BCUT2D eigenvalue weighted by atomic mass is 79.9. The predicted octanol–water partition coefficient (Wildman–Crippen LogP) is 4.39. The molecule has 2 aromatic rings. The van der Waals surface area contributed by atoms with Gasteiger partial charge in [-0.3, -0.25) is 0 Å². The highest BCUT2D eigenvalue weighted by molar-refractivity contribution is 9.10. The quantitative estimate of drug-likeness (QED) is 0.844. The summed E-state index contributed by atoms with van der Waals surface area (Å²) in [5, 5.41) is 10.2. The smallest absolute Gasteiger partial charge is 0.142 e. The van der Waals surface area contributed by atoms with Crippen molar-refractivity contribution in [3.8, 4) is 0 Å². The molecule has 1 nitrogen and oxygen atoms in total. The largest absolute Gasteiger partial charge is 0.384 e. The number of thioether (sulfide) groups is 1. The van der Waals surface area contributed by atoms with E-state index in [2.05, 4.69) is 15.9 Å². The van der Waals surface area contributed by atoms with E-state index in [1.165, 1.54) is 11.8 Å². The van der Waals surface area contributed by atoms with E-state index in [4.69, 9.17) is 0 Å². The average molecular weight is 327 g/mol. The molecule has 0 fully saturated rings. The molecule has 1 unspecified atom stereocenters. The molecule has 0 bridgehead atoms. The van der Waals surface area contributed by atoms with Crippen molar-refractivity contribution in [3.05, 3.63) is 63.9 Å². The first kappa shape index (κ1) is 13.6. The van der Waals surface area contributed by atoms with E-state index in [9.17, 15) is 9.50 Å². The summed E-state index contributed by atoms with van der Waals surface area (Å²) in [5.41, 5.74) is 0.974. The minimum atomic E-state index is -0.949. The molecule has 0 aliphatic rings. The second-order valence-corrected chi connectivity index (χ2v) is 5.59. The normalized spacial score (nSPS) is 12.4. The second kappa shape index (κ2) is 5.87. The van der Waals surface area contributed by atoms with Crippen molar-refractivity contribution >= 4 is 27.7 Å². The van der Waals surface area contributed by atoms with Gasteiger partial charge in [0.25, 0.3) is 0 Å². The Morgan fingerprint density at radius 3 is 2.50 bits per heavy atom. The van der Waals surface area contributed by atoms with Crippen molar-refractivity contribution in [2.24, 2.45) is 0 Å². The van der Waals surface area contributed by atoms with Crippen LogP contribution >= 0.6 is 27.7 Å². The number of halogens is 2. The minimum Gasteiger partial charge on any atom is -0.384 e. The molecule has 0 heterocycles. The van der Waals surface area contributed by atoms with E-state index in [1.54, 1.807) is 24.3 Å². The molecular formula is C14H12BrFOS. The first-order valence-electron chi connectivity index (χ1n) is 5.39. The lowest BCUT2D eigenvalue weighted by molar-refractivity contribution is 0.214. The summed E-state index contributed by atoms with van der Waals surface area (Å²) in [4.78, 5) is 0.523. The van der Waals surface area contributed by atoms with E-state index >= 15 is 0 Å². The number of hydrogen-bond acceptors (Lipinski definition) is 2. The van der Waals surface area contributed by atoms with Gasteiger partial charge in [0.15, 0.2) is 0 Å². The maximum atomic E-state index is 14.2. The molecule has 4 heteroatoms. The monoisotopic (exact) mass is 326 g/mol. The molecule has 0 aromatic heterocycles. The first-order valence-corrected chi connectivity index (χ1v) is 7.41. The van der Waals surface area contributed by atoms with Crippen molar-refractivity contribution < 1.29 is 9.50 Å². The Morgan fingerprint density at radius 2 is 1.89 bits per heavy atom. The maximum Gasteiger partial charge on any atom is 0.142 e. The van der Waals surface area contributed by atoms with E-state index in [0.29, 0.717) is 16.0 Å². The Labute approximate surface area is 118 Å². The summed E-state index contributed by atoms with van der Waals surface area (Å²) >= 11 is 4.66. The molecule has 0 aliphatic carbocycles. The molecule has 1 N–H and O–H groups in total. The standard InChI is InChI=1S/C14H12BrFOS/c1-18-12-8-10(15)7-11(13(12)16)14(17)9-5-3-2-4-6-9/h2-8,14,17H,1H3. The summed E-state index contributed by atoms with van der Waals surface area (Å²) in [6.07, 6.45) is 0.860. The highest BCUT2D eigenvalue weighted by Crippen LogP contribution is 2.32. The van der Waals surface area contributed by atoms with Gasteiger partial charge < -0.3 is 5.11 Å². The average Bonchev–Trinajstić information content (AvgIpc) is 2.41. The molecule has 0 aliphatic heterocycles. The molecule has 94 valence electrons. The number of rotatable bonds is 3. The van der Waals surface area contributed by atoms with Crippen LogP contribution < -0.4 is 0 Å². The minimum absolute atomic E-state index is 0.292. The van der Waals surface area contributed by atoms with Gasteiger partial charge in [0, 0.05) is 14.9 Å². The zero-order valence-corrected chi connectivity index (χ0v) is 12.1. The SMILES string of the molecule is CSc1cc(Br)cc(C(O)c2ccccc2)c1F. The van der Waals surface area contributed by atoms with Crippen LogP contribution in [0.15, 0.2) is 51.8 Å². The third-order valence-electron chi connectivity index (χ3n) is 2.66. The third kappa shape index (κ3) is 2.76. The van der Waals surface area contributed by atoms with Crippen molar-refractivity contribution in [3.63, 3.8) is 0 Å². The second-order valence-electron chi connectivity index (χ2n) is 3.82. The van der Waals surface area contributed by atoms with Gasteiger partial charge >= 0.3 is 0 Å². The zero-order chi connectivity index (χ0) is 13.1. The Hall–Kier alpha value is -0.840. The van der Waals surface area contributed by atoms with Crippen LogP contribution in [-0.2, 0) is 0 Å². The summed E-state index contributed by atoms with van der Waals surface area (Å²) in [6.45, 7) is 0. The topological polar surface area (TPSA) is 20.2 Å². The van der Waals surface area contributed by atoms with Crippen LogP contribution in [0, 0.1) is 5.82 Å². The van der Waals surface area contributed by atoms with Crippen LogP contribution in [0.25, 0.3) is 0 Å². The van der Waals surface area contributed by atoms with Crippen molar-refractivity contribution in [2.75, 3.05) is 6.26 Å². The van der Waals surface area contributed by atoms with E-state index < -0.39 is 6.10 Å². The van der Waals surface area contributed by atoms with Gasteiger partial charge in [-0.1, -0.05) is 46.3 Å². The highest BCUT2D eigenvalue weighted by Gasteiger charge is 2.18. The van der Waals surface area contributed by atoms with Crippen LogP contribution in [0.1, 0.15) is 17.2 Å². The Bertz CT molecular complexity index is 545. The maximum absolute atomic E-state index is 14.2. The molecule has 0 saturated carbocycles. The molecular weight excluding hydrogens is 315 g/mol. The number of benzene rings is 2. The summed E-state index contributed by atoms with van der Waals surface area (Å²) in [7, 11) is 0. The fourth-order valence-corrected chi connectivity index (χ4v) is 2.92. The van der Waals surface area contributed by atoms with Gasteiger partial charge in [-0.15, -0.1) is 11.8 Å². The predicted molar refractivity (Wildman–Crippen MR) is 76.4 cm³/mol. The van der Waals surface area contributed by atoms with Crippen molar-refractivity contribution in [2.45, 2.75) is 11.0 Å². The van der Waals surface area contributed by atoms with Crippen LogP contribution in [-0.4, -0.2) is 11.4 Å². The lowest BCUT2D eigenvalue weighted by Gasteiger charge is -2.14. The van der Waals surface area contributed by atoms with Crippen molar-refractivity contribution in [1.29, 1.82) is 0 Å². The third-order valence-corrected chi connectivity index (χ3v) is 3.86. The molecule has 2 aromatic carbocycles. The molecule has 0 amide bonds. The van der Waals surface area contributed by atoms with E-state index in [1.807, 2.05) is 24.5 Å². The molecule has 0 spiro atoms. The van der Waals surface area contributed by atoms with E-state index in [0.717, 1.165) is 4.47 Å². The fourth-order valence-electron chi connectivity index (χ4n) is 1.75. The first-order chi connectivity index (χ1) is 8.63. The Morgan fingerprint density at radius 1 is 1.22 bits per heavy atom. The van der Waals surface area contributed by atoms with Gasteiger partial charge in [-0.2, -0.15) is 0 Å². The molecule has 2 rings (SSSR count). The summed E-state index contributed by atoms with van der Waals surface area (Å²) in [5.74, 6) is -0.359. The van der Waals surface area contributed by atoms with Crippen LogP contribution in [0.5, 0.6) is 0 Å². The van der Waals surface area contributed by atoms with E-state index in [-0.39, 0.29) is 5.82 Å². The van der Waals surface area contributed by atoms with Crippen LogP contribution in [0.4, 0.5) is 4.39 Å². The Kier molecular flexibility index (Phi) is 4.43. The molecule has 1 atom stereocenters. The van der Waals surface area contributed by atoms with Gasteiger partial charge in [0.1, 0.15) is 11.9 Å². The number of aliphatic hydroxyl groups excluding tert-OH is 1. The lowest BCUT2D eigenvalue weighted by atomic mass is 10.0. The fraction of sp³-hybridized carbons (Fsp3) is 0.143. The number of hydrogen-bond donors (Lipinski definition) is 1. The Balaban J connectivity index is 2.48. The van der Waals surface area contributed by atoms with Gasteiger partial charge in [0.2, 0.25) is 0 Å². The summed E-state index contributed by atoms with van der Waals surface area (Å²) < 4.78 is 14.9. The molecule has 0 saturated heterocycles. The van der Waals surface area contributed by atoms with Gasteiger partial charge in [0.05, 0.1) is 0 Å². The lowest BCUT2D eigenvalue weighted by Crippen LogP contribution is -2.03.